The Hall–Kier alpha value is -3.01. The van der Waals surface area contributed by atoms with Crippen molar-refractivity contribution < 1.29 is 28.7 Å². The van der Waals surface area contributed by atoms with Gasteiger partial charge < -0.3 is 25.0 Å². The van der Waals surface area contributed by atoms with Crippen LogP contribution in [0.15, 0.2) is 30.8 Å². The number of carbonyl (C=O) groups is 4. The summed E-state index contributed by atoms with van der Waals surface area (Å²) < 4.78 is 10.2. The van der Waals surface area contributed by atoms with Crippen LogP contribution in [0.25, 0.3) is 6.08 Å². The summed E-state index contributed by atoms with van der Waals surface area (Å²) in [6, 6.07) is 5.04. The Balaban J connectivity index is 3.22. The van der Waals surface area contributed by atoms with Gasteiger partial charge in [-0.3, -0.25) is 14.4 Å². The lowest BCUT2D eigenvalue weighted by Gasteiger charge is -2.33. The highest BCUT2D eigenvalue weighted by atomic mass is 32.1. The van der Waals surface area contributed by atoms with Crippen molar-refractivity contribution in [2.45, 2.75) is 58.7 Å². The van der Waals surface area contributed by atoms with Crippen molar-refractivity contribution >= 4 is 42.6 Å². The molecule has 2 atom stereocenters. The Morgan fingerprint density at radius 2 is 1.89 bits per heavy atom. The van der Waals surface area contributed by atoms with Crippen LogP contribution in [0, 0.1) is 0 Å². The first kappa shape index (κ1) is 30.0. The maximum atomic E-state index is 13.5. The van der Waals surface area contributed by atoms with Gasteiger partial charge >= 0.3 is 12.1 Å². The van der Waals surface area contributed by atoms with Crippen LogP contribution in [0.1, 0.15) is 58.2 Å². The number of hydrogen-bond donors (Lipinski definition) is 3. The summed E-state index contributed by atoms with van der Waals surface area (Å²) in [5.74, 6) is -1.40. The Morgan fingerprint density at radius 1 is 1.20 bits per heavy atom. The summed E-state index contributed by atoms with van der Waals surface area (Å²) in [5.41, 5.74) is 0.583. The van der Waals surface area contributed by atoms with Crippen molar-refractivity contribution in [3.05, 3.63) is 42.0 Å². The van der Waals surface area contributed by atoms with Gasteiger partial charge in [0.25, 0.3) is 0 Å². The lowest BCUT2D eigenvalue weighted by Crippen LogP contribution is -2.53. The van der Waals surface area contributed by atoms with Crippen LogP contribution in [-0.4, -0.2) is 65.9 Å². The van der Waals surface area contributed by atoms with E-state index in [1.54, 1.807) is 58.9 Å². The van der Waals surface area contributed by atoms with Gasteiger partial charge in [-0.05, 0) is 51.8 Å². The smallest absolute Gasteiger partial charge is 0.408 e. The van der Waals surface area contributed by atoms with Crippen LogP contribution in [0.2, 0.25) is 0 Å². The van der Waals surface area contributed by atoms with Gasteiger partial charge in [0.1, 0.15) is 17.7 Å². The zero-order valence-electron chi connectivity index (χ0n) is 21.1. The summed E-state index contributed by atoms with van der Waals surface area (Å²) in [6.07, 6.45) is 0.876. The molecule has 0 aliphatic rings. The average molecular weight is 508 g/mol. The highest BCUT2D eigenvalue weighted by Crippen LogP contribution is 2.24. The molecular weight excluding hydrogens is 470 g/mol. The van der Waals surface area contributed by atoms with Gasteiger partial charge in [0.2, 0.25) is 11.8 Å². The van der Waals surface area contributed by atoms with E-state index in [4.69, 9.17) is 9.47 Å². The van der Waals surface area contributed by atoms with Crippen LogP contribution < -0.4 is 10.6 Å². The number of esters is 1. The van der Waals surface area contributed by atoms with E-state index in [2.05, 4.69) is 29.8 Å². The third kappa shape index (κ3) is 10.0. The molecule has 0 fully saturated rings. The van der Waals surface area contributed by atoms with Gasteiger partial charge in [0.05, 0.1) is 13.0 Å². The molecule has 0 aromatic heterocycles. The number of thiol groups is 1. The lowest BCUT2D eigenvalue weighted by atomic mass is 10.0. The number of likely N-dealkylation sites (N-methyl/N-ethyl adjacent to an activating group) is 1. The molecule has 1 aromatic carbocycles. The van der Waals surface area contributed by atoms with Crippen molar-refractivity contribution in [2.75, 3.05) is 25.4 Å². The fraction of sp³-hybridized carbons (Fsp3) is 0.520. The molecule has 0 aliphatic carbocycles. The molecule has 0 saturated carbocycles. The molecule has 2 unspecified atom stereocenters. The zero-order valence-corrected chi connectivity index (χ0v) is 22.0. The van der Waals surface area contributed by atoms with E-state index in [1.807, 2.05) is 6.07 Å². The van der Waals surface area contributed by atoms with Gasteiger partial charge in [-0.25, -0.2) is 4.79 Å². The zero-order chi connectivity index (χ0) is 26.6. The summed E-state index contributed by atoms with van der Waals surface area (Å²) >= 11 is 4.23. The number of rotatable bonds is 12. The molecule has 35 heavy (non-hydrogen) atoms. The highest BCUT2D eigenvalue weighted by Gasteiger charge is 2.35. The Kier molecular flexibility index (Phi) is 12.4. The molecule has 0 aliphatic heterocycles. The molecule has 194 valence electrons. The number of benzene rings is 1. The topological polar surface area (TPSA) is 114 Å². The Morgan fingerprint density at radius 3 is 2.43 bits per heavy atom. The minimum atomic E-state index is -1.02. The summed E-state index contributed by atoms with van der Waals surface area (Å²) in [7, 11) is 0. The second-order valence-electron chi connectivity index (χ2n) is 8.63. The number of alkyl carbamates (subject to hydrolysis) is 1. The molecule has 10 heteroatoms. The standard InChI is InChI=1S/C25H37N3O6S/c1-7-17-11-10-12-18(15-17)21(22(30)26-14-13-20(29)33-9-3)28(8-2)23(31)19(16-35)27-24(32)34-25(4,5)6/h7,10-12,15,19,21,35H,1,8-9,13-14,16H2,2-6H3,(H,26,30)(H,27,32). The Bertz CT molecular complexity index is 899. The van der Waals surface area contributed by atoms with E-state index in [0.29, 0.717) is 5.56 Å². The van der Waals surface area contributed by atoms with E-state index < -0.39 is 41.6 Å². The first-order chi connectivity index (χ1) is 16.5. The van der Waals surface area contributed by atoms with Crippen molar-refractivity contribution in [1.82, 2.24) is 15.5 Å². The van der Waals surface area contributed by atoms with Gasteiger partial charge in [-0.2, -0.15) is 12.6 Å². The molecule has 9 nitrogen and oxygen atoms in total. The number of nitrogens with zero attached hydrogens (tertiary/aromatic N) is 1. The van der Waals surface area contributed by atoms with E-state index >= 15 is 0 Å². The van der Waals surface area contributed by atoms with Crippen LogP contribution >= 0.6 is 12.6 Å². The van der Waals surface area contributed by atoms with E-state index in [0.717, 1.165) is 5.56 Å². The fourth-order valence-electron chi connectivity index (χ4n) is 3.25. The largest absolute Gasteiger partial charge is 0.466 e. The number of ether oxygens (including phenoxy) is 2. The van der Waals surface area contributed by atoms with Gasteiger partial charge in [0.15, 0.2) is 0 Å². The second kappa shape index (κ2) is 14.4. The van der Waals surface area contributed by atoms with Crippen molar-refractivity contribution in [1.29, 1.82) is 0 Å². The van der Waals surface area contributed by atoms with E-state index in [1.165, 1.54) is 4.90 Å². The fourth-order valence-corrected chi connectivity index (χ4v) is 3.50. The van der Waals surface area contributed by atoms with Gasteiger partial charge in [-0.15, -0.1) is 0 Å². The molecule has 1 aromatic rings. The third-order valence-electron chi connectivity index (χ3n) is 4.75. The normalized spacial score (nSPS) is 12.6. The van der Waals surface area contributed by atoms with Crippen LogP contribution in [0.4, 0.5) is 4.79 Å². The number of carbonyl (C=O) groups excluding carboxylic acids is 4. The highest BCUT2D eigenvalue weighted by molar-refractivity contribution is 7.80. The monoisotopic (exact) mass is 507 g/mol. The Labute approximate surface area is 213 Å². The first-order valence-corrected chi connectivity index (χ1v) is 12.2. The van der Waals surface area contributed by atoms with Crippen LogP contribution in [0.5, 0.6) is 0 Å². The number of amides is 3. The second-order valence-corrected chi connectivity index (χ2v) is 8.99. The summed E-state index contributed by atoms with van der Waals surface area (Å²) in [6.45, 7) is 12.8. The SMILES string of the molecule is C=Cc1cccc(C(C(=O)NCCC(=O)OCC)N(CC)C(=O)C(CS)NC(=O)OC(C)(C)C)c1. The van der Waals surface area contributed by atoms with Crippen molar-refractivity contribution in [3.8, 4) is 0 Å². The van der Waals surface area contributed by atoms with Gasteiger partial charge in [-0.1, -0.05) is 30.9 Å². The number of hydrogen-bond acceptors (Lipinski definition) is 7. The molecule has 0 radical (unpaired) electrons. The van der Waals surface area contributed by atoms with Crippen LogP contribution in [-0.2, 0) is 23.9 Å². The third-order valence-corrected chi connectivity index (χ3v) is 5.12. The quantitative estimate of drug-likeness (QED) is 0.296. The maximum absolute atomic E-state index is 13.5. The predicted octanol–water partition coefficient (Wildman–Crippen LogP) is 3.11. The van der Waals surface area contributed by atoms with Crippen LogP contribution in [0.3, 0.4) is 0 Å². The van der Waals surface area contributed by atoms with Crippen molar-refractivity contribution in [2.24, 2.45) is 0 Å². The minimum absolute atomic E-state index is 0.00145. The maximum Gasteiger partial charge on any atom is 0.408 e. The lowest BCUT2D eigenvalue weighted by molar-refractivity contribution is -0.144. The molecule has 0 bridgehead atoms. The first-order valence-electron chi connectivity index (χ1n) is 11.5. The molecule has 1 rings (SSSR count). The molecular formula is C25H37N3O6S. The molecule has 2 N–H and O–H groups in total. The van der Waals surface area contributed by atoms with E-state index in [9.17, 15) is 19.2 Å². The molecule has 3 amide bonds. The summed E-state index contributed by atoms with van der Waals surface area (Å²) in [5, 5.41) is 5.26. The van der Waals surface area contributed by atoms with Crippen molar-refractivity contribution in [3.63, 3.8) is 0 Å². The predicted molar refractivity (Wildman–Crippen MR) is 138 cm³/mol. The molecule has 0 spiro atoms. The molecule has 0 heterocycles. The van der Waals surface area contributed by atoms with Gasteiger partial charge in [0, 0.05) is 18.8 Å². The van der Waals surface area contributed by atoms with E-state index in [-0.39, 0.29) is 31.9 Å². The average Bonchev–Trinajstić information content (AvgIpc) is 2.79. The minimum Gasteiger partial charge on any atom is -0.466 e. The molecule has 0 saturated heterocycles. The number of nitrogens with one attached hydrogen (secondary N) is 2. The summed E-state index contributed by atoms with van der Waals surface area (Å²) in [4.78, 5) is 52.1.